The van der Waals surface area contributed by atoms with Gasteiger partial charge in [0.25, 0.3) is 10.1 Å². The SMILES string of the molecule is Cc1ccc(S(=O)(=O)O)cc1N(C)N. The standard InChI is InChI=1S/C8H12N2O3S/c1-6-3-4-7(14(11,12)13)5-8(6)10(2)9/h3-5H,9H2,1-2H3,(H,11,12,13). The summed E-state index contributed by atoms with van der Waals surface area (Å²) in [6.07, 6.45) is 0. The zero-order valence-electron chi connectivity index (χ0n) is 7.93. The first-order valence-corrected chi connectivity index (χ1v) is 5.33. The van der Waals surface area contributed by atoms with Crippen molar-refractivity contribution in [3.63, 3.8) is 0 Å². The van der Waals surface area contributed by atoms with Gasteiger partial charge in [-0.05, 0) is 24.6 Å². The molecule has 0 aliphatic heterocycles. The van der Waals surface area contributed by atoms with E-state index in [1.165, 1.54) is 17.1 Å². The van der Waals surface area contributed by atoms with Crippen LogP contribution in [0, 0.1) is 6.92 Å². The molecule has 0 spiro atoms. The first kappa shape index (κ1) is 11.0. The molecule has 1 rings (SSSR count). The van der Waals surface area contributed by atoms with Crippen molar-refractivity contribution in [1.82, 2.24) is 0 Å². The largest absolute Gasteiger partial charge is 0.314 e. The lowest BCUT2D eigenvalue weighted by Gasteiger charge is -2.15. The van der Waals surface area contributed by atoms with Crippen molar-refractivity contribution in [2.75, 3.05) is 12.1 Å². The van der Waals surface area contributed by atoms with Gasteiger partial charge in [0.15, 0.2) is 0 Å². The molecule has 14 heavy (non-hydrogen) atoms. The molecule has 0 radical (unpaired) electrons. The maximum Gasteiger partial charge on any atom is 0.294 e. The predicted molar refractivity (Wildman–Crippen MR) is 53.6 cm³/mol. The number of aryl methyl sites for hydroxylation is 1. The molecule has 0 aliphatic carbocycles. The second kappa shape index (κ2) is 3.56. The van der Waals surface area contributed by atoms with Crippen LogP contribution >= 0.6 is 0 Å². The van der Waals surface area contributed by atoms with E-state index in [4.69, 9.17) is 10.4 Å². The Morgan fingerprint density at radius 3 is 2.43 bits per heavy atom. The Hall–Kier alpha value is -1.11. The highest BCUT2D eigenvalue weighted by atomic mass is 32.2. The maximum atomic E-state index is 10.8. The molecule has 0 aliphatic rings. The molecule has 0 bridgehead atoms. The van der Waals surface area contributed by atoms with Gasteiger partial charge in [0, 0.05) is 7.05 Å². The van der Waals surface area contributed by atoms with Gasteiger partial charge in [0.1, 0.15) is 0 Å². The molecule has 3 N–H and O–H groups in total. The van der Waals surface area contributed by atoms with Gasteiger partial charge in [-0.3, -0.25) is 4.55 Å². The van der Waals surface area contributed by atoms with E-state index in [1.807, 2.05) is 0 Å². The summed E-state index contributed by atoms with van der Waals surface area (Å²) in [5.41, 5.74) is 1.39. The van der Waals surface area contributed by atoms with Gasteiger partial charge in [-0.2, -0.15) is 8.42 Å². The van der Waals surface area contributed by atoms with Gasteiger partial charge in [-0.25, -0.2) is 5.84 Å². The van der Waals surface area contributed by atoms with Crippen LogP contribution in [0.3, 0.4) is 0 Å². The molecule has 0 unspecified atom stereocenters. The Balaban J connectivity index is 3.34. The average molecular weight is 216 g/mol. The summed E-state index contributed by atoms with van der Waals surface area (Å²) in [5.74, 6) is 5.48. The molecule has 0 atom stereocenters. The molecule has 1 aromatic carbocycles. The minimum atomic E-state index is -4.16. The summed E-state index contributed by atoms with van der Waals surface area (Å²) < 4.78 is 30.4. The molecule has 0 aromatic heterocycles. The Kier molecular flexibility index (Phi) is 2.79. The van der Waals surface area contributed by atoms with Crippen molar-refractivity contribution < 1.29 is 13.0 Å². The van der Waals surface area contributed by atoms with Gasteiger partial charge >= 0.3 is 0 Å². The van der Waals surface area contributed by atoms with Crippen molar-refractivity contribution in [3.8, 4) is 0 Å². The number of benzene rings is 1. The summed E-state index contributed by atoms with van der Waals surface area (Å²) in [5, 5.41) is 1.30. The van der Waals surface area contributed by atoms with E-state index in [-0.39, 0.29) is 4.90 Å². The van der Waals surface area contributed by atoms with Crippen LogP contribution in [0.4, 0.5) is 5.69 Å². The van der Waals surface area contributed by atoms with Crippen LogP contribution in [-0.4, -0.2) is 20.0 Å². The van der Waals surface area contributed by atoms with Crippen LogP contribution in [-0.2, 0) is 10.1 Å². The number of hydrazine groups is 1. The van der Waals surface area contributed by atoms with Crippen LogP contribution < -0.4 is 10.9 Å². The van der Waals surface area contributed by atoms with Crippen LogP contribution in [0.2, 0.25) is 0 Å². The molecule has 0 amide bonds. The van der Waals surface area contributed by atoms with Crippen molar-refractivity contribution in [2.24, 2.45) is 5.84 Å². The zero-order valence-corrected chi connectivity index (χ0v) is 8.75. The number of rotatable bonds is 2. The second-order valence-electron chi connectivity index (χ2n) is 3.03. The van der Waals surface area contributed by atoms with Crippen molar-refractivity contribution in [1.29, 1.82) is 0 Å². The highest BCUT2D eigenvalue weighted by molar-refractivity contribution is 7.85. The summed E-state index contributed by atoms with van der Waals surface area (Å²) in [4.78, 5) is -0.157. The van der Waals surface area contributed by atoms with Crippen molar-refractivity contribution >= 4 is 15.8 Å². The van der Waals surface area contributed by atoms with Gasteiger partial charge in [0.2, 0.25) is 0 Å². The number of hydrogen-bond acceptors (Lipinski definition) is 4. The minimum absolute atomic E-state index is 0.157. The van der Waals surface area contributed by atoms with Crippen LogP contribution in [0.1, 0.15) is 5.56 Å². The van der Waals surface area contributed by atoms with E-state index in [0.29, 0.717) is 5.69 Å². The lowest BCUT2D eigenvalue weighted by molar-refractivity contribution is 0.483. The summed E-state index contributed by atoms with van der Waals surface area (Å²) in [7, 11) is -2.56. The van der Waals surface area contributed by atoms with E-state index in [2.05, 4.69) is 0 Å². The van der Waals surface area contributed by atoms with Crippen molar-refractivity contribution in [3.05, 3.63) is 23.8 Å². The number of nitrogens with two attached hydrogens (primary N) is 1. The van der Waals surface area contributed by atoms with E-state index in [0.717, 1.165) is 5.56 Å². The molecular formula is C8H12N2O3S. The smallest absolute Gasteiger partial charge is 0.294 e. The van der Waals surface area contributed by atoms with Crippen LogP contribution in [0.15, 0.2) is 23.1 Å². The van der Waals surface area contributed by atoms with Crippen molar-refractivity contribution in [2.45, 2.75) is 11.8 Å². The lowest BCUT2D eigenvalue weighted by atomic mass is 10.2. The number of nitrogens with zero attached hydrogens (tertiary/aromatic N) is 1. The van der Waals surface area contributed by atoms with E-state index >= 15 is 0 Å². The maximum absolute atomic E-state index is 10.8. The lowest BCUT2D eigenvalue weighted by Crippen LogP contribution is -2.26. The predicted octanol–water partition coefficient (Wildman–Crippen LogP) is 0.552. The highest BCUT2D eigenvalue weighted by Gasteiger charge is 2.12. The van der Waals surface area contributed by atoms with Gasteiger partial charge < -0.3 is 5.01 Å². The Morgan fingerprint density at radius 1 is 1.43 bits per heavy atom. The Bertz CT molecular complexity index is 440. The molecule has 0 saturated carbocycles. The first-order chi connectivity index (χ1) is 6.32. The van der Waals surface area contributed by atoms with Crippen LogP contribution in [0.5, 0.6) is 0 Å². The fourth-order valence-electron chi connectivity index (χ4n) is 1.13. The molecule has 0 fully saturated rings. The van der Waals surface area contributed by atoms with E-state index < -0.39 is 10.1 Å². The zero-order chi connectivity index (χ0) is 10.9. The third kappa shape index (κ3) is 2.22. The average Bonchev–Trinajstić information content (AvgIpc) is 2.02. The van der Waals surface area contributed by atoms with Gasteiger partial charge in [-0.15, -0.1) is 0 Å². The number of anilines is 1. The summed E-state index contributed by atoms with van der Waals surface area (Å²) in [6, 6.07) is 4.24. The van der Waals surface area contributed by atoms with Gasteiger partial charge in [0.05, 0.1) is 10.6 Å². The molecule has 1 aromatic rings. The Morgan fingerprint density at radius 2 is 2.00 bits per heavy atom. The summed E-state index contributed by atoms with van der Waals surface area (Å²) in [6.45, 7) is 1.80. The fraction of sp³-hybridized carbons (Fsp3) is 0.250. The fourth-order valence-corrected chi connectivity index (χ4v) is 1.63. The number of hydrogen-bond donors (Lipinski definition) is 2. The third-order valence-corrected chi connectivity index (χ3v) is 2.71. The normalized spacial score (nSPS) is 11.4. The van der Waals surface area contributed by atoms with E-state index in [9.17, 15) is 8.42 Å². The molecule has 78 valence electrons. The molecule has 0 saturated heterocycles. The highest BCUT2D eigenvalue weighted by Crippen LogP contribution is 2.21. The minimum Gasteiger partial charge on any atom is -0.314 e. The monoisotopic (exact) mass is 216 g/mol. The van der Waals surface area contributed by atoms with Gasteiger partial charge in [-0.1, -0.05) is 6.07 Å². The summed E-state index contributed by atoms with van der Waals surface area (Å²) >= 11 is 0. The molecular weight excluding hydrogens is 204 g/mol. The quantitative estimate of drug-likeness (QED) is 0.428. The molecule has 5 nitrogen and oxygen atoms in total. The third-order valence-electron chi connectivity index (χ3n) is 1.86. The Labute approximate surface area is 82.9 Å². The van der Waals surface area contributed by atoms with E-state index in [1.54, 1.807) is 20.0 Å². The first-order valence-electron chi connectivity index (χ1n) is 3.89. The van der Waals surface area contributed by atoms with Crippen LogP contribution in [0.25, 0.3) is 0 Å². The topological polar surface area (TPSA) is 83.6 Å². The molecule has 6 heteroatoms. The second-order valence-corrected chi connectivity index (χ2v) is 4.46. The molecule has 0 heterocycles.